The highest BCUT2D eigenvalue weighted by molar-refractivity contribution is 8.26. The molecule has 1 amide bonds. The highest BCUT2D eigenvalue weighted by atomic mass is 32.2. The van der Waals surface area contributed by atoms with E-state index in [1.807, 2.05) is 37.3 Å². The van der Waals surface area contributed by atoms with Crippen LogP contribution in [-0.4, -0.2) is 45.4 Å². The van der Waals surface area contributed by atoms with Crippen LogP contribution >= 0.6 is 24.0 Å². The van der Waals surface area contributed by atoms with Gasteiger partial charge in [-0.2, -0.15) is 5.26 Å². The molecule has 0 saturated carbocycles. The Hall–Kier alpha value is -3.42. The predicted molar refractivity (Wildman–Crippen MR) is 167 cm³/mol. The summed E-state index contributed by atoms with van der Waals surface area (Å²) < 4.78 is 7.39. The minimum Gasteiger partial charge on any atom is -0.466 e. The lowest BCUT2D eigenvalue weighted by Crippen LogP contribution is -2.41. The number of rotatable bonds is 9. The van der Waals surface area contributed by atoms with Crippen molar-refractivity contribution in [1.82, 2.24) is 9.47 Å². The lowest BCUT2D eigenvalue weighted by molar-refractivity contribution is -0.148. The van der Waals surface area contributed by atoms with Crippen molar-refractivity contribution in [2.24, 2.45) is 5.92 Å². The molecule has 0 aliphatic carbocycles. The van der Waals surface area contributed by atoms with Gasteiger partial charge in [0.15, 0.2) is 0 Å². The smallest absolute Gasteiger partial charge is 0.309 e. The molecule has 10 heteroatoms. The number of unbranched alkanes of at least 4 members (excludes halogenated alkanes) is 1. The minimum atomic E-state index is -0.330. The molecule has 3 heterocycles. The molecular weight excluding hydrogens is 556 g/mol. The summed E-state index contributed by atoms with van der Waals surface area (Å²) in [5, 5.41) is 9.97. The molecule has 216 valence electrons. The van der Waals surface area contributed by atoms with Crippen LogP contribution in [0.15, 0.2) is 40.0 Å². The fourth-order valence-corrected chi connectivity index (χ4v) is 6.82. The fourth-order valence-electron chi connectivity index (χ4n) is 5.42. The molecule has 1 aromatic carbocycles. The minimum absolute atomic E-state index is 0.0747. The number of piperidine rings is 1. The van der Waals surface area contributed by atoms with E-state index in [4.69, 9.17) is 17.0 Å². The van der Waals surface area contributed by atoms with E-state index in [-0.39, 0.29) is 35.0 Å². The number of amides is 1. The van der Waals surface area contributed by atoms with Gasteiger partial charge in [0, 0.05) is 25.2 Å². The summed E-state index contributed by atoms with van der Waals surface area (Å²) in [6.45, 7) is 9.45. The van der Waals surface area contributed by atoms with Gasteiger partial charge in [-0.3, -0.25) is 23.9 Å². The van der Waals surface area contributed by atoms with E-state index >= 15 is 0 Å². The van der Waals surface area contributed by atoms with E-state index in [9.17, 15) is 19.6 Å². The number of ether oxygens (including phenoxy) is 1. The fraction of sp³-hybridized carbons (Fsp3) is 0.452. The molecule has 8 nitrogen and oxygen atoms in total. The number of carbonyl (C=O) groups is 2. The third-order valence-electron chi connectivity index (χ3n) is 7.76. The first-order valence-corrected chi connectivity index (χ1v) is 15.4. The second kappa shape index (κ2) is 13.5. The van der Waals surface area contributed by atoms with Gasteiger partial charge in [-0.25, -0.2) is 0 Å². The Balaban J connectivity index is 1.79. The molecule has 2 saturated heterocycles. The van der Waals surface area contributed by atoms with Crippen LogP contribution in [0.5, 0.6) is 0 Å². The SMILES string of the molecule is CCCCn1c(N2CCC(C(=O)OCC)CC2)c(/C=C2/SC(=S)N(C(C)c3ccccc3)C2=O)c(C)c(C#N)c1=O. The molecule has 0 bridgehead atoms. The van der Waals surface area contributed by atoms with Gasteiger partial charge in [0.1, 0.15) is 21.8 Å². The van der Waals surface area contributed by atoms with Crippen molar-refractivity contribution in [3.8, 4) is 6.07 Å². The van der Waals surface area contributed by atoms with Gasteiger partial charge in [-0.05, 0) is 57.2 Å². The number of hydrogen-bond donors (Lipinski definition) is 0. The van der Waals surface area contributed by atoms with Gasteiger partial charge in [0.25, 0.3) is 11.5 Å². The summed E-state index contributed by atoms with van der Waals surface area (Å²) in [7, 11) is 0. The molecule has 41 heavy (non-hydrogen) atoms. The summed E-state index contributed by atoms with van der Waals surface area (Å²) >= 11 is 6.89. The van der Waals surface area contributed by atoms with Crippen molar-refractivity contribution in [2.45, 2.75) is 66.0 Å². The molecule has 4 rings (SSSR count). The first-order chi connectivity index (χ1) is 19.7. The summed E-state index contributed by atoms with van der Waals surface area (Å²) in [5.74, 6) is 0.0970. The average molecular weight is 593 g/mol. The first kappa shape index (κ1) is 30.5. The number of thiocarbonyl (C=S) groups is 1. The van der Waals surface area contributed by atoms with Crippen LogP contribution < -0.4 is 10.5 Å². The Bertz CT molecular complexity index is 1450. The molecule has 0 spiro atoms. The van der Waals surface area contributed by atoms with Crippen LogP contribution in [0, 0.1) is 24.2 Å². The summed E-state index contributed by atoms with van der Waals surface area (Å²) in [6.07, 6.45) is 4.61. The van der Waals surface area contributed by atoms with Crippen LogP contribution in [0.25, 0.3) is 6.08 Å². The first-order valence-electron chi connectivity index (χ1n) is 14.1. The topological polar surface area (TPSA) is 95.6 Å². The molecule has 2 aromatic rings. The average Bonchev–Trinajstić information content (AvgIpc) is 3.26. The van der Waals surface area contributed by atoms with Crippen LogP contribution in [-0.2, 0) is 20.9 Å². The molecule has 1 unspecified atom stereocenters. The van der Waals surface area contributed by atoms with Crippen LogP contribution in [0.3, 0.4) is 0 Å². The number of benzene rings is 1. The third-order valence-corrected chi connectivity index (χ3v) is 9.09. The zero-order valence-corrected chi connectivity index (χ0v) is 25.6. The number of thioether (sulfide) groups is 1. The Labute approximate surface area is 251 Å². The van der Waals surface area contributed by atoms with Gasteiger partial charge >= 0.3 is 5.97 Å². The Morgan fingerprint density at radius 3 is 2.51 bits per heavy atom. The van der Waals surface area contributed by atoms with Crippen molar-refractivity contribution >= 4 is 52.1 Å². The number of esters is 1. The highest BCUT2D eigenvalue weighted by Crippen LogP contribution is 2.40. The molecule has 1 atom stereocenters. The second-order valence-corrected chi connectivity index (χ2v) is 12.0. The zero-order valence-electron chi connectivity index (χ0n) is 24.0. The van der Waals surface area contributed by atoms with Gasteiger partial charge < -0.3 is 9.64 Å². The maximum atomic E-state index is 13.7. The number of nitriles is 1. The summed E-state index contributed by atoms with van der Waals surface area (Å²) in [6, 6.07) is 11.6. The zero-order chi connectivity index (χ0) is 29.7. The second-order valence-electron chi connectivity index (χ2n) is 10.3. The van der Waals surface area contributed by atoms with Gasteiger partial charge in [0.05, 0.1) is 23.5 Å². The Morgan fingerprint density at radius 1 is 1.22 bits per heavy atom. The van der Waals surface area contributed by atoms with Gasteiger partial charge in [-0.15, -0.1) is 0 Å². The number of nitrogens with zero attached hydrogens (tertiary/aromatic N) is 4. The highest BCUT2D eigenvalue weighted by Gasteiger charge is 2.37. The van der Waals surface area contributed by atoms with E-state index in [0.29, 0.717) is 65.3 Å². The van der Waals surface area contributed by atoms with Crippen molar-refractivity contribution in [1.29, 1.82) is 5.26 Å². The number of pyridine rings is 1. The van der Waals surface area contributed by atoms with E-state index in [1.54, 1.807) is 29.4 Å². The predicted octanol–water partition coefficient (Wildman–Crippen LogP) is 5.57. The van der Waals surface area contributed by atoms with E-state index in [1.165, 1.54) is 11.8 Å². The normalized spacial score (nSPS) is 17.7. The van der Waals surface area contributed by atoms with Crippen molar-refractivity contribution in [3.05, 3.63) is 67.8 Å². The van der Waals surface area contributed by atoms with Gasteiger partial charge in [-0.1, -0.05) is 67.7 Å². The molecule has 2 aliphatic rings. The quantitative estimate of drug-likeness (QED) is 0.212. The Morgan fingerprint density at radius 2 is 1.90 bits per heavy atom. The molecular formula is C31H36N4O4S2. The molecule has 2 fully saturated rings. The molecule has 0 N–H and O–H groups in total. The standard InChI is InChI=1S/C31H36N4O4S2/c1-5-7-15-34-27(33-16-13-23(14-17-33)30(38)39-6-2)24(20(3)25(19-32)28(34)36)18-26-29(37)35(31(40)41-26)21(4)22-11-9-8-10-12-22/h8-12,18,21,23H,5-7,13-17H2,1-4H3/b26-18+. The maximum Gasteiger partial charge on any atom is 0.309 e. The molecule has 1 aromatic heterocycles. The monoisotopic (exact) mass is 592 g/mol. The lowest BCUT2D eigenvalue weighted by atomic mass is 9.95. The molecule has 0 radical (unpaired) electrons. The van der Waals surface area contributed by atoms with Crippen molar-refractivity contribution in [3.63, 3.8) is 0 Å². The lowest BCUT2D eigenvalue weighted by Gasteiger charge is -2.35. The number of hydrogen-bond acceptors (Lipinski definition) is 8. The van der Waals surface area contributed by atoms with Crippen LogP contribution in [0.1, 0.15) is 74.8 Å². The van der Waals surface area contributed by atoms with Crippen LogP contribution in [0.2, 0.25) is 0 Å². The van der Waals surface area contributed by atoms with E-state index < -0.39 is 0 Å². The summed E-state index contributed by atoms with van der Waals surface area (Å²) in [5.41, 5.74) is 1.93. The van der Waals surface area contributed by atoms with E-state index in [0.717, 1.165) is 18.4 Å². The largest absolute Gasteiger partial charge is 0.466 e. The van der Waals surface area contributed by atoms with Crippen LogP contribution in [0.4, 0.5) is 5.82 Å². The summed E-state index contributed by atoms with van der Waals surface area (Å²) in [4.78, 5) is 43.9. The number of anilines is 1. The maximum absolute atomic E-state index is 13.7. The third kappa shape index (κ3) is 6.26. The van der Waals surface area contributed by atoms with Crippen molar-refractivity contribution < 1.29 is 14.3 Å². The van der Waals surface area contributed by atoms with Gasteiger partial charge in [0.2, 0.25) is 0 Å². The Kier molecular flexibility index (Phi) is 10.1. The van der Waals surface area contributed by atoms with E-state index in [2.05, 4.69) is 17.9 Å². The number of aromatic nitrogens is 1. The van der Waals surface area contributed by atoms with Crippen molar-refractivity contribution in [2.75, 3.05) is 24.6 Å². The number of carbonyl (C=O) groups excluding carboxylic acids is 2. The molecule has 2 aliphatic heterocycles.